The number of rotatable bonds is 11. The molecule has 0 saturated carbocycles. The van der Waals surface area contributed by atoms with E-state index in [-0.39, 0.29) is 1.43 Å². The molecule has 0 aromatic carbocycles. The molecule has 0 heteroatoms. The maximum atomic E-state index is 5.00. The first-order valence-corrected chi connectivity index (χ1v) is 11.0. The zero-order valence-electron chi connectivity index (χ0n) is 21.2. The van der Waals surface area contributed by atoms with Crippen molar-refractivity contribution in [3.05, 3.63) is 0 Å². The highest BCUT2D eigenvalue weighted by atomic mass is 14.4. The van der Waals surface area contributed by atoms with E-state index in [9.17, 15) is 0 Å². The van der Waals surface area contributed by atoms with Crippen LogP contribution in [-0.2, 0) is 0 Å². The molecule has 0 aliphatic heterocycles. The van der Waals surface area contributed by atoms with Crippen LogP contribution in [0.3, 0.4) is 0 Å². The summed E-state index contributed by atoms with van der Waals surface area (Å²) in [7, 11) is 0. The van der Waals surface area contributed by atoms with Gasteiger partial charge in [-0.25, -0.2) is 0 Å². The molecule has 10 atom stereocenters. The second kappa shape index (κ2) is 10.9. The Morgan fingerprint density at radius 3 is 0.750 bits per heavy atom. The highest BCUT2D eigenvalue weighted by molar-refractivity contribution is 4.82. The van der Waals surface area contributed by atoms with Gasteiger partial charge in [0.05, 0.1) is 0 Å². The normalized spacial score (nSPS) is 25.3. The van der Waals surface area contributed by atoms with Crippen LogP contribution in [0.4, 0.5) is 0 Å². The van der Waals surface area contributed by atoms with Crippen LogP contribution in [-0.4, -0.2) is 0 Å². The summed E-state index contributed by atoms with van der Waals surface area (Å²) in [4.78, 5) is 0. The average Bonchev–Trinajstić information content (AvgIpc) is 2.69. The van der Waals surface area contributed by atoms with Crippen LogP contribution < -0.4 is 0 Å². The Morgan fingerprint density at radius 2 is 0.583 bits per heavy atom. The van der Waals surface area contributed by atoms with E-state index in [0.29, 0.717) is 0 Å². The molecule has 0 rings (SSSR count). The van der Waals surface area contributed by atoms with Crippen molar-refractivity contribution < 1.29 is 4.40 Å². The van der Waals surface area contributed by atoms with Crippen LogP contribution in [0.25, 0.3) is 0 Å². The lowest BCUT2D eigenvalue weighted by Gasteiger charge is -2.41. The first-order chi connectivity index (χ1) is 12.0. The SMILES string of the molecule is CCC(C)C(C)C(C)C(C)C(C)C(C)C(C)C(C)C(C)C(C)CC.[3HH].[3H][3H]. The Bertz CT molecular complexity index is 302. The van der Waals surface area contributed by atoms with Gasteiger partial charge < -0.3 is 0 Å². The van der Waals surface area contributed by atoms with Crippen molar-refractivity contribution in [1.82, 2.24) is 0 Å². The lowest BCUT2D eigenvalue weighted by Crippen LogP contribution is -2.34. The summed E-state index contributed by atoms with van der Waals surface area (Å²) >= 11 is 0. The lowest BCUT2D eigenvalue weighted by atomic mass is 9.65. The lowest BCUT2D eigenvalue weighted by molar-refractivity contribution is 0.0810. The molecule has 0 aromatic heterocycles. The van der Waals surface area contributed by atoms with E-state index in [2.05, 4.69) is 83.1 Å². The smallest absolute Gasteiger partial charge is 0 e. The van der Waals surface area contributed by atoms with Gasteiger partial charge in [0.25, 0.3) is 0 Å². The molecule has 0 amide bonds. The van der Waals surface area contributed by atoms with Crippen molar-refractivity contribution >= 4 is 0 Å². The molecule has 150 valence electrons. The quantitative estimate of drug-likeness (QED) is 0.350. The molecule has 24 heavy (non-hydrogen) atoms. The molecule has 0 nitrogen and oxygen atoms in total. The van der Waals surface area contributed by atoms with E-state index < -0.39 is 0 Å². The predicted octanol–water partition coefficient (Wildman–Crippen LogP) is 8.66. The Labute approximate surface area is 160 Å². The summed E-state index contributed by atoms with van der Waals surface area (Å²) in [5.74, 6) is 8.16. The van der Waals surface area contributed by atoms with Gasteiger partial charge >= 0.3 is 0 Å². The summed E-state index contributed by atoms with van der Waals surface area (Å²) in [5, 5.41) is 0. The number of hydrogen-bond acceptors (Lipinski definition) is 0. The van der Waals surface area contributed by atoms with Crippen LogP contribution in [0.2, 0.25) is 0 Å². The van der Waals surface area contributed by atoms with Crippen molar-refractivity contribution in [3.63, 3.8) is 0 Å². The largest absolute Gasteiger partial charge is 0.0651 e. The average molecular weight is 349 g/mol. The Hall–Kier alpha value is 0. The van der Waals surface area contributed by atoms with Crippen LogP contribution in [0.5, 0.6) is 0 Å². The van der Waals surface area contributed by atoms with E-state index in [1.807, 2.05) is 0 Å². The summed E-state index contributed by atoms with van der Waals surface area (Å²) in [6, 6.07) is 0. The van der Waals surface area contributed by atoms with Crippen molar-refractivity contribution in [2.45, 2.75) is 95.9 Å². The van der Waals surface area contributed by atoms with Gasteiger partial charge in [-0.15, -0.1) is 0 Å². The molecule has 0 radical (unpaired) electrons. The van der Waals surface area contributed by atoms with Gasteiger partial charge in [-0.3, -0.25) is 0 Å². The van der Waals surface area contributed by atoms with E-state index in [1.54, 1.807) is 0 Å². The van der Waals surface area contributed by atoms with Crippen LogP contribution in [0.1, 0.15) is 100 Å². The monoisotopic (exact) mass is 348 g/mol. The molecular weight excluding hydrogens is 288 g/mol. The third-order valence-corrected chi connectivity index (χ3v) is 8.89. The van der Waals surface area contributed by atoms with E-state index in [1.165, 1.54) is 12.8 Å². The van der Waals surface area contributed by atoms with Crippen molar-refractivity contribution in [2.75, 3.05) is 0 Å². The highest BCUT2D eigenvalue weighted by Crippen LogP contribution is 2.41. The van der Waals surface area contributed by atoms with Gasteiger partial charge in [0.15, 0.2) is 0 Å². The first kappa shape index (κ1) is 22.0. The maximum absolute atomic E-state index is 5.00. The maximum Gasteiger partial charge on any atom is 0 e. The second-order valence-electron chi connectivity index (χ2n) is 9.64. The molecule has 0 saturated heterocycles. The molecule has 0 N–H and O–H groups in total. The van der Waals surface area contributed by atoms with Gasteiger partial charge in [0.2, 0.25) is 0 Å². The van der Waals surface area contributed by atoms with Crippen molar-refractivity contribution in [2.24, 2.45) is 59.2 Å². The third kappa shape index (κ3) is 6.06. The minimum absolute atomic E-state index is 0. The van der Waals surface area contributed by atoms with Crippen molar-refractivity contribution in [1.29, 1.82) is 0 Å². The fourth-order valence-corrected chi connectivity index (χ4v) is 4.65. The van der Waals surface area contributed by atoms with Gasteiger partial charge in [-0.05, 0) is 59.2 Å². The van der Waals surface area contributed by atoms with E-state index >= 15 is 0 Å². The Balaban J connectivity index is -0.00000185. The Kier molecular flexibility index (Phi) is 9.98. The molecule has 0 aromatic rings. The van der Waals surface area contributed by atoms with E-state index in [0.717, 1.165) is 59.2 Å². The molecule has 0 fully saturated rings. The minimum atomic E-state index is 0. The van der Waals surface area contributed by atoms with Crippen LogP contribution in [0, 0.1) is 59.2 Å². The molecule has 0 aliphatic carbocycles. The summed E-state index contributed by atoms with van der Waals surface area (Å²) in [6.45, 7) is 29.6. The third-order valence-electron chi connectivity index (χ3n) is 8.89. The van der Waals surface area contributed by atoms with Crippen molar-refractivity contribution in [3.8, 4) is 0 Å². The minimum Gasteiger partial charge on any atom is -0.0651 e. The molecule has 0 heterocycles. The van der Waals surface area contributed by atoms with Crippen LogP contribution >= 0.6 is 0 Å². The fraction of sp³-hybridized carbons (Fsp3) is 1.00. The fourth-order valence-electron chi connectivity index (χ4n) is 4.65. The summed E-state index contributed by atoms with van der Waals surface area (Å²) in [6.07, 6.45) is 2.62. The zero-order chi connectivity index (χ0) is 21.2. The standard InChI is InChI=1S/C24H50.2H2/c1-13-15(3)17(5)19(7)21(9)23(11)24(12)22(10)20(8)18(6)16(4)14-2;;/h15-24H,13-14H2,1-12H3;2*1H/i;1+2T;1+2. The topological polar surface area (TPSA) is 0 Å². The summed E-state index contributed by atoms with van der Waals surface area (Å²) < 4.78 is 10.0. The van der Waals surface area contributed by atoms with Gasteiger partial charge in [0, 0.05) is 4.40 Å². The number of hydrogen-bond donors (Lipinski definition) is 0. The van der Waals surface area contributed by atoms with E-state index in [4.69, 9.17) is 2.97 Å². The van der Waals surface area contributed by atoms with Gasteiger partial charge in [0.1, 0.15) is 0 Å². The molecule has 10 unspecified atom stereocenters. The van der Waals surface area contributed by atoms with Gasteiger partial charge in [-0.2, -0.15) is 0 Å². The molecule has 0 bridgehead atoms. The highest BCUT2D eigenvalue weighted by Gasteiger charge is 2.34. The predicted molar refractivity (Wildman–Crippen MR) is 116 cm³/mol. The molecular formula is C24H54. The molecule has 0 aliphatic rings. The second-order valence-corrected chi connectivity index (χ2v) is 9.64. The molecule has 0 spiro atoms. The van der Waals surface area contributed by atoms with Crippen LogP contribution in [0.15, 0.2) is 0 Å². The first-order valence-electron chi connectivity index (χ1n) is 12.0. The summed E-state index contributed by atoms with van der Waals surface area (Å²) in [5.41, 5.74) is 0. The Morgan fingerprint density at radius 1 is 0.417 bits per heavy atom. The zero-order valence-corrected chi connectivity index (χ0v) is 19.2. The van der Waals surface area contributed by atoms with Gasteiger partial charge in [-0.1, -0.05) is 95.9 Å².